The third-order valence-electron chi connectivity index (χ3n) is 15.1. The monoisotopic (exact) mass is 1110 g/mol. The fourth-order valence-electron chi connectivity index (χ4n) is 11.8. The van der Waals surface area contributed by atoms with E-state index in [0.717, 1.165) is 13.1 Å². The molecule has 0 fully saturated rings. The van der Waals surface area contributed by atoms with E-state index in [4.69, 9.17) is 0 Å². The van der Waals surface area contributed by atoms with E-state index in [1.54, 1.807) is 0 Å². The molecule has 4 aliphatic rings. The zero-order valence-corrected chi connectivity index (χ0v) is 51.8. The van der Waals surface area contributed by atoms with E-state index in [9.17, 15) is 0 Å². The van der Waals surface area contributed by atoms with Crippen molar-refractivity contribution in [2.75, 3.05) is 32.7 Å². The fourth-order valence-corrected chi connectivity index (χ4v) is 17.0. The van der Waals surface area contributed by atoms with Crippen molar-refractivity contribution < 1.29 is 0 Å². The van der Waals surface area contributed by atoms with E-state index in [0.29, 0.717) is 6.04 Å². The summed E-state index contributed by atoms with van der Waals surface area (Å²) in [5.74, 6) is 0. The largest absolute Gasteiger partial charge is 0.339 e. The highest BCUT2D eigenvalue weighted by molar-refractivity contribution is 8.00. The number of hydrogen-bond donors (Lipinski definition) is 0. The van der Waals surface area contributed by atoms with Crippen LogP contribution in [0.4, 0.5) is 51.2 Å². The van der Waals surface area contributed by atoms with Gasteiger partial charge in [-0.2, -0.15) is 0 Å². The van der Waals surface area contributed by atoms with E-state index in [1.165, 1.54) is 146 Å². The molecular weight excluding hydrogens is 1040 g/mol. The van der Waals surface area contributed by atoms with Gasteiger partial charge in [-0.3, -0.25) is 0 Å². The first-order valence-electron chi connectivity index (χ1n) is 27.8. The molecular formula is C71H74N4S4. The smallest absolute Gasteiger partial charge is 0.0630 e. The Morgan fingerprint density at radius 1 is 0.304 bits per heavy atom. The molecule has 0 unspecified atom stereocenters. The minimum absolute atomic E-state index is 0.459. The van der Waals surface area contributed by atoms with E-state index in [-0.39, 0.29) is 0 Å². The quantitative estimate of drug-likeness (QED) is 0.171. The van der Waals surface area contributed by atoms with Crippen molar-refractivity contribution in [1.29, 1.82) is 0 Å². The Morgan fingerprint density at radius 2 is 0.595 bits per heavy atom. The number of rotatable bonds is 4. The van der Waals surface area contributed by atoms with Gasteiger partial charge in [-0.15, -0.1) is 0 Å². The van der Waals surface area contributed by atoms with Crippen LogP contribution >= 0.6 is 47.0 Å². The van der Waals surface area contributed by atoms with Crippen LogP contribution in [0.5, 0.6) is 0 Å². The van der Waals surface area contributed by atoms with E-state index >= 15 is 0 Å². The molecule has 9 aromatic rings. The first-order valence-corrected chi connectivity index (χ1v) is 31.1. The molecule has 0 aromatic heterocycles. The normalized spacial score (nSPS) is 13.1. The van der Waals surface area contributed by atoms with Gasteiger partial charge in [-0.1, -0.05) is 150 Å². The summed E-state index contributed by atoms with van der Waals surface area (Å²) < 4.78 is 0. The number of nitrogens with zero attached hydrogens (tertiary/aromatic N) is 4. The van der Waals surface area contributed by atoms with Crippen LogP contribution in [0.2, 0.25) is 0 Å². The fraction of sp³-hybridized carbons (Fsp3) is 0.239. The van der Waals surface area contributed by atoms with Crippen molar-refractivity contribution in [3.05, 3.63) is 219 Å². The van der Waals surface area contributed by atoms with Gasteiger partial charge in [0.15, 0.2) is 0 Å². The Balaban J connectivity index is 0.000000119. The second kappa shape index (κ2) is 23.7. The molecule has 0 atom stereocenters. The molecule has 0 aliphatic carbocycles. The molecule has 0 bridgehead atoms. The van der Waals surface area contributed by atoms with Crippen LogP contribution in [0.15, 0.2) is 203 Å². The van der Waals surface area contributed by atoms with Gasteiger partial charge in [0.2, 0.25) is 0 Å². The second-order valence-electron chi connectivity index (χ2n) is 21.4. The molecule has 0 spiro atoms. The van der Waals surface area contributed by atoms with Gasteiger partial charge in [0.1, 0.15) is 0 Å². The number of para-hydroxylation sites is 7. The lowest BCUT2D eigenvalue weighted by molar-refractivity contribution is 0.767. The van der Waals surface area contributed by atoms with Gasteiger partial charge in [0.05, 0.1) is 45.5 Å². The highest BCUT2D eigenvalue weighted by atomic mass is 32.2. The molecule has 8 heteroatoms. The maximum absolute atomic E-state index is 2.49. The van der Waals surface area contributed by atoms with Crippen LogP contribution in [-0.2, 0) is 0 Å². The molecule has 79 heavy (non-hydrogen) atoms. The van der Waals surface area contributed by atoms with Gasteiger partial charge < -0.3 is 19.6 Å². The van der Waals surface area contributed by atoms with E-state index in [1.807, 2.05) is 47.0 Å². The number of benzene rings is 9. The van der Waals surface area contributed by atoms with Gasteiger partial charge >= 0.3 is 0 Å². The average Bonchev–Trinajstić information content (AvgIpc) is 3.55. The topological polar surface area (TPSA) is 13.0 Å². The average molecular weight is 1110 g/mol. The number of aryl methyl sites for hydroxylation is 10. The molecule has 0 N–H and O–H groups in total. The maximum atomic E-state index is 2.49. The molecule has 9 aromatic carbocycles. The third-order valence-corrected chi connectivity index (χ3v) is 19.4. The minimum atomic E-state index is 0.459. The Labute approximate surface area is 489 Å². The molecule has 4 aliphatic heterocycles. The Morgan fingerprint density at radius 3 is 0.937 bits per heavy atom. The summed E-state index contributed by atoms with van der Waals surface area (Å²) >= 11 is 7.56. The predicted octanol–water partition coefficient (Wildman–Crippen LogP) is 22.0. The highest BCUT2D eigenvalue weighted by Gasteiger charge is 2.31. The molecule has 0 amide bonds. The van der Waals surface area contributed by atoms with Crippen molar-refractivity contribution in [2.24, 2.45) is 0 Å². The molecule has 402 valence electrons. The van der Waals surface area contributed by atoms with Crippen molar-refractivity contribution in [1.82, 2.24) is 0 Å². The summed E-state index contributed by atoms with van der Waals surface area (Å²) in [6, 6.07) is 59.7. The summed E-state index contributed by atoms with van der Waals surface area (Å²) in [7, 11) is 0. The number of anilines is 9. The van der Waals surface area contributed by atoms with Gasteiger partial charge in [0.25, 0.3) is 0 Å². The SMILES string of the molecule is CCN1c2c(C)cc(C)cc2Sc2cc(C)cc(C)c21.CCN1c2c(C)cccc2Sc2cccc(C)c21.Cc1cccc2c1N(C(C)C)c1c(C)cccc1S2.Cc1cccc2c1N(c1ccccc1)c1c(C)cccc1S2. The summed E-state index contributed by atoms with van der Waals surface area (Å²) in [6.07, 6.45) is 0. The summed E-state index contributed by atoms with van der Waals surface area (Å²) in [4.78, 5) is 20.7. The Hall–Kier alpha value is -6.42. The number of fused-ring (bicyclic) bond motifs is 8. The molecule has 0 saturated heterocycles. The predicted molar refractivity (Wildman–Crippen MR) is 346 cm³/mol. The second-order valence-corrected chi connectivity index (χ2v) is 25.8. The van der Waals surface area contributed by atoms with Crippen molar-refractivity contribution in [3.8, 4) is 0 Å². The van der Waals surface area contributed by atoms with Crippen molar-refractivity contribution in [3.63, 3.8) is 0 Å². The molecule has 4 nitrogen and oxygen atoms in total. The van der Waals surface area contributed by atoms with Crippen LogP contribution in [-0.4, -0.2) is 19.1 Å². The lowest BCUT2D eigenvalue weighted by Gasteiger charge is -2.38. The molecule has 0 radical (unpaired) electrons. The van der Waals surface area contributed by atoms with Crippen LogP contribution in [0.1, 0.15) is 83.3 Å². The molecule has 0 saturated carbocycles. The zero-order chi connectivity index (χ0) is 55.8. The molecule has 13 rings (SSSR count). The highest BCUT2D eigenvalue weighted by Crippen LogP contribution is 2.56. The van der Waals surface area contributed by atoms with Crippen LogP contribution in [0.3, 0.4) is 0 Å². The van der Waals surface area contributed by atoms with Gasteiger partial charge in [-0.05, 0) is 213 Å². The molecule has 4 heterocycles. The van der Waals surface area contributed by atoms with Crippen molar-refractivity contribution >= 4 is 98.2 Å². The van der Waals surface area contributed by atoms with Crippen molar-refractivity contribution in [2.45, 2.75) is 142 Å². The Kier molecular flexibility index (Phi) is 16.8. The summed E-state index contributed by atoms with van der Waals surface area (Å²) in [6.45, 7) is 33.0. The lowest BCUT2D eigenvalue weighted by Crippen LogP contribution is -2.29. The van der Waals surface area contributed by atoms with E-state index < -0.39 is 0 Å². The van der Waals surface area contributed by atoms with Crippen LogP contribution in [0, 0.1) is 69.2 Å². The summed E-state index contributed by atoms with van der Waals surface area (Å²) in [5, 5.41) is 0. The van der Waals surface area contributed by atoms with Gasteiger partial charge in [-0.25, -0.2) is 0 Å². The van der Waals surface area contributed by atoms with Crippen LogP contribution in [0.25, 0.3) is 0 Å². The standard InChI is InChI=1S/C20H17NS.C18H21NS.C17H19NS.C16H17NS/c1-14-8-6-12-17-19(14)21(16-10-4-3-5-11-16)20-15(2)9-7-13-18(20)22-17;1-6-19-17-13(4)7-11(2)9-15(17)20-16-10-12(3)8-14(5)18(16)19;1-11(2)18-16-12(3)7-5-9-14(16)19-15-10-6-8-13(4)17(15)18;1-4-17-15-11(2)7-5-9-13(15)18-14-10-6-8-12(3)16(14)17/h3-13H,1-2H3;7-10H,6H2,1-5H3;5-11H,1-4H3;5-10H,4H2,1-3H3. The first kappa shape index (κ1) is 55.9. The maximum Gasteiger partial charge on any atom is 0.0630 e. The lowest BCUT2D eigenvalue weighted by atomic mass is 10.1. The third kappa shape index (κ3) is 11.0. The first-order chi connectivity index (χ1) is 38.1. The van der Waals surface area contributed by atoms with Crippen LogP contribution < -0.4 is 19.6 Å². The Bertz CT molecular complexity index is 3520. The zero-order valence-electron chi connectivity index (χ0n) is 48.5. The summed E-state index contributed by atoms with van der Waals surface area (Å²) in [5.41, 5.74) is 25.6. The number of hydrogen-bond acceptors (Lipinski definition) is 8. The van der Waals surface area contributed by atoms with Gasteiger partial charge in [0, 0.05) is 64.0 Å². The minimum Gasteiger partial charge on any atom is -0.339 e. The van der Waals surface area contributed by atoms with E-state index in [2.05, 4.69) is 280 Å².